The molecule has 3 heterocycles. The first kappa shape index (κ1) is 16.2. The Labute approximate surface area is 134 Å². The zero-order valence-corrected chi connectivity index (χ0v) is 14.0. The highest BCUT2D eigenvalue weighted by atomic mass is 16.5. The van der Waals surface area contributed by atoms with Crippen molar-refractivity contribution in [1.82, 2.24) is 15.1 Å². The molecule has 0 aromatic heterocycles. The van der Waals surface area contributed by atoms with Gasteiger partial charge in [-0.25, -0.2) is 0 Å². The first-order valence-corrected chi connectivity index (χ1v) is 9.08. The van der Waals surface area contributed by atoms with E-state index in [1.807, 2.05) is 0 Å². The molecule has 5 nitrogen and oxygen atoms in total. The fraction of sp³-hybridized carbons (Fsp3) is 0.941. The maximum atomic E-state index is 12.9. The molecule has 1 amide bonds. The molecule has 0 aromatic carbocycles. The lowest BCUT2D eigenvalue weighted by Gasteiger charge is -2.40. The van der Waals surface area contributed by atoms with E-state index in [4.69, 9.17) is 4.74 Å². The van der Waals surface area contributed by atoms with Gasteiger partial charge in [-0.3, -0.25) is 9.69 Å². The number of piperazine rings is 1. The predicted octanol–water partition coefficient (Wildman–Crippen LogP) is 1.09. The van der Waals surface area contributed by atoms with E-state index in [1.54, 1.807) is 0 Å². The Morgan fingerprint density at radius 3 is 2.55 bits per heavy atom. The maximum absolute atomic E-state index is 12.9. The summed E-state index contributed by atoms with van der Waals surface area (Å²) in [6.45, 7) is 10.0. The van der Waals surface area contributed by atoms with E-state index in [-0.39, 0.29) is 5.54 Å². The first-order chi connectivity index (χ1) is 10.7. The van der Waals surface area contributed by atoms with Gasteiger partial charge < -0.3 is 15.0 Å². The third-order valence-electron chi connectivity index (χ3n) is 5.77. The first-order valence-electron chi connectivity index (χ1n) is 9.08. The quantitative estimate of drug-likeness (QED) is 0.844. The van der Waals surface area contributed by atoms with E-state index in [9.17, 15) is 4.79 Å². The van der Waals surface area contributed by atoms with Crippen LogP contribution in [0.1, 0.15) is 39.0 Å². The van der Waals surface area contributed by atoms with E-state index in [0.717, 1.165) is 71.1 Å². The second kappa shape index (κ2) is 7.28. The average molecular weight is 309 g/mol. The molecule has 1 N–H and O–H groups in total. The van der Waals surface area contributed by atoms with Crippen molar-refractivity contribution < 1.29 is 9.53 Å². The molecule has 3 rings (SSSR count). The molecular formula is C17H31N3O2. The van der Waals surface area contributed by atoms with E-state index in [2.05, 4.69) is 22.0 Å². The van der Waals surface area contributed by atoms with Crippen LogP contribution in [0.4, 0.5) is 0 Å². The van der Waals surface area contributed by atoms with Gasteiger partial charge in [-0.15, -0.1) is 0 Å². The minimum atomic E-state index is -0.261. The molecule has 0 aromatic rings. The molecule has 0 spiro atoms. The number of nitrogens with one attached hydrogen (secondary N) is 1. The molecule has 1 atom stereocenters. The van der Waals surface area contributed by atoms with Crippen molar-refractivity contribution in [3.8, 4) is 0 Å². The highest BCUT2D eigenvalue weighted by molar-refractivity contribution is 5.86. The summed E-state index contributed by atoms with van der Waals surface area (Å²) in [6, 6.07) is 0. The van der Waals surface area contributed by atoms with Gasteiger partial charge in [0.1, 0.15) is 0 Å². The number of carbonyl (C=O) groups is 1. The zero-order chi connectivity index (χ0) is 15.4. The van der Waals surface area contributed by atoms with Crippen molar-refractivity contribution in [3.63, 3.8) is 0 Å². The zero-order valence-electron chi connectivity index (χ0n) is 14.0. The van der Waals surface area contributed by atoms with Crippen LogP contribution in [-0.4, -0.2) is 73.7 Å². The summed E-state index contributed by atoms with van der Waals surface area (Å²) in [5.41, 5.74) is -0.261. The number of hydrogen-bond acceptors (Lipinski definition) is 4. The monoisotopic (exact) mass is 309 g/mol. The summed E-state index contributed by atoms with van der Waals surface area (Å²) in [5.74, 6) is 1.13. The largest absolute Gasteiger partial charge is 0.381 e. The van der Waals surface area contributed by atoms with Gasteiger partial charge in [-0.2, -0.15) is 0 Å². The average Bonchev–Trinajstić information content (AvgIpc) is 3.06. The van der Waals surface area contributed by atoms with Crippen molar-refractivity contribution >= 4 is 5.91 Å². The van der Waals surface area contributed by atoms with Gasteiger partial charge in [0.05, 0.1) is 5.54 Å². The molecule has 1 unspecified atom stereocenters. The van der Waals surface area contributed by atoms with Gasteiger partial charge in [0.15, 0.2) is 0 Å². The van der Waals surface area contributed by atoms with E-state index in [1.165, 1.54) is 19.4 Å². The van der Waals surface area contributed by atoms with Crippen LogP contribution < -0.4 is 5.32 Å². The Hall–Kier alpha value is -0.650. The van der Waals surface area contributed by atoms with Crippen LogP contribution in [-0.2, 0) is 9.53 Å². The predicted molar refractivity (Wildman–Crippen MR) is 86.8 cm³/mol. The van der Waals surface area contributed by atoms with Gasteiger partial charge in [0.2, 0.25) is 5.91 Å². The number of rotatable bonds is 4. The molecule has 126 valence electrons. The Kier molecular flexibility index (Phi) is 5.37. The van der Waals surface area contributed by atoms with Crippen molar-refractivity contribution in [2.24, 2.45) is 5.92 Å². The Bertz CT molecular complexity index is 368. The van der Waals surface area contributed by atoms with Crippen molar-refractivity contribution in [2.75, 3.05) is 52.5 Å². The van der Waals surface area contributed by atoms with Crippen LogP contribution in [0.15, 0.2) is 0 Å². The van der Waals surface area contributed by atoms with Gasteiger partial charge >= 0.3 is 0 Å². The molecule has 0 aliphatic carbocycles. The summed E-state index contributed by atoms with van der Waals surface area (Å²) >= 11 is 0. The SMILES string of the molecule is CCC1(C(=O)N2CCN(CC3CCOCC3)CC2)CCCN1. The normalized spacial score (nSPS) is 31.6. The molecule has 3 aliphatic heterocycles. The van der Waals surface area contributed by atoms with Gasteiger partial charge in [-0.05, 0) is 44.6 Å². The van der Waals surface area contributed by atoms with Crippen LogP contribution in [0, 0.1) is 5.92 Å². The number of amides is 1. The highest BCUT2D eigenvalue weighted by Gasteiger charge is 2.42. The lowest BCUT2D eigenvalue weighted by atomic mass is 9.92. The minimum absolute atomic E-state index is 0.261. The third-order valence-corrected chi connectivity index (χ3v) is 5.77. The molecule has 0 bridgehead atoms. The number of nitrogens with zero attached hydrogens (tertiary/aromatic N) is 2. The van der Waals surface area contributed by atoms with E-state index < -0.39 is 0 Å². The third kappa shape index (κ3) is 3.47. The van der Waals surface area contributed by atoms with Gasteiger partial charge in [0, 0.05) is 45.9 Å². The topological polar surface area (TPSA) is 44.8 Å². The smallest absolute Gasteiger partial charge is 0.242 e. The summed E-state index contributed by atoms with van der Waals surface area (Å²) in [6.07, 6.45) is 5.44. The van der Waals surface area contributed by atoms with Crippen LogP contribution in [0.2, 0.25) is 0 Å². The molecule has 0 saturated carbocycles. The van der Waals surface area contributed by atoms with Crippen molar-refractivity contribution in [3.05, 3.63) is 0 Å². The Morgan fingerprint density at radius 1 is 1.23 bits per heavy atom. The molecule has 3 aliphatic rings. The fourth-order valence-corrected chi connectivity index (χ4v) is 4.17. The summed E-state index contributed by atoms with van der Waals surface area (Å²) in [5, 5.41) is 3.48. The molecule has 3 saturated heterocycles. The molecule has 22 heavy (non-hydrogen) atoms. The standard InChI is InChI=1S/C17H31N3O2/c1-2-17(6-3-7-18-17)16(21)20-10-8-19(9-11-20)14-15-4-12-22-13-5-15/h15,18H,2-14H2,1H3. The lowest BCUT2D eigenvalue weighted by Crippen LogP contribution is -2.59. The molecular weight excluding hydrogens is 278 g/mol. The van der Waals surface area contributed by atoms with E-state index >= 15 is 0 Å². The summed E-state index contributed by atoms with van der Waals surface area (Å²) in [7, 11) is 0. The number of carbonyl (C=O) groups excluding carboxylic acids is 1. The van der Waals surface area contributed by atoms with Crippen LogP contribution in [0.25, 0.3) is 0 Å². The van der Waals surface area contributed by atoms with Gasteiger partial charge in [-0.1, -0.05) is 6.92 Å². The Balaban J connectivity index is 1.47. The molecule has 3 fully saturated rings. The lowest BCUT2D eigenvalue weighted by molar-refractivity contribution is -0.140. The van der Waals surface area contributed by atoms with Crippen LogP contribution >= 0.6 is 0 Å². The fourth-order valence-electron chi connectivity index (χ4n) is 4.17. The Morgan fingerprint density at radius 2 is 1.95 bits per heavy atom. The van der Waals surface area contributed by atoms with E-state index in [0.29, 0.717) is 5.91 Å². The number of hydrogen-bond donors (Lipinski definition) is 1. The van der Waals surface area contributed by atoms with Crippen LogP contribution in [0.5, 0.6) is 0 Å². The maximum Gasteiger partial charge on any atom is 0.242 e. The highest BCUT2D eigenvalue weighted by Crippen LogP contribution is 2.26. The second-order valence-electron chi connectivity index (χ2n) is 7.11. The summed E-state index contributed by atoms with van der Waals surface area (Å²) in [4.78, 5) is 17.5. The summed E-state index contributed by atoms with van der Waals surface area (Å²) < 4.78 is 5.44. The number of ether oxygens (including phenoxy) is 1. The van der Waals surface area contributed by atoms with Gasteiger partial charge in [0.25, 0.3) is 0 Å². The molecule has 0 radical (unpaired) electrons. The van der Waals surface area contributed by atoms with Crippen molar-refractivity contribution in [1.29, 1.82) is 0 Å². The van der Waals surface area contributed by atoms with Crippen molar-refractivity contribution in [2.45, 2.75) is 44.6 Å². The molecule has 5 heteroatoms. The van der Waals surface area contributed by atoms with Crippen LogP contribution in [0.3, 0.4) is 0 Å². The second-order valence-corrected chi connectivity index (χ2v) is 7.11. The minimum Gasteiger partial charge on any atom is -0.381 e.